The zero-order valence-electron chi connectivity index (χ0n) is 73.0. The van der Waals surface area contributed by atoms with Crippen molar-refractivity contribution >= 4 is 128 Å². The first kappa shape index (κ1) is 99.2. The van der Waals surface area contributed by atoms with E-state index in [0.717, 1.165) is 71.8 Å². The highest BCUT2D eigenvalue weighted by Gasteiger charge is 2.31. The standard InChI is InChI=1S/C25H25F2N7O3S.C23H23F2N7O2S.C21H17F4N7O3S.C18H12F4N6O2S/c1-38-16-6-7-20(37-25(26)27)17(12-16)22-19(14-33(31-22)15-21(35)32-9-3-2-4-10-32)30-24(36)18-13-29-34-11-5-8-28-23(18)34;1-31-8-2-4-15(13-31)35-14-5-6-19(34-23(24)25)16(10-14)20-18(12-27-30-20)29-22(33)17-11-28-32-9-3-7-26-21(17)32;1-26-16(33)10-31-9-14(29-19(34)13-8-28-32-6-2-5-27-18(13)32)17(30-31)12-7-11(36-21(24)25)3-4-15(12)35-20(22)23;19-17(20)30-13-3-2-9(31-18(21)22)6-10(13)14-12(8-24-27-14)26-16(29)11-7-25-28-5-1-4-23-15(11)28/h5-8,11-14,25H,2-4,9-10,15H2,1H3,(H,30,36);3,5-7,9-12,15,23H,2,4,8,13H2,1H3,(H,27,30)(H,29,33);2-9,20-21H,10H2,1H3,(H,26,33)(H,29,34);1-8,17-18H,(H,24,27)(H,26,29). The average molecular weight is 2020 g/mol. The van der Waals surface area contributed by atoms with Crippen LogP contribution in [0.5, 0.6) is 23.0 Å². The summed E-state index contributed by atoms with van der Waals surface area (Å²) in [5.74, 6) is -8.96. The second-order valence-electron chi connectivity index (χ2n) is 30.0. The summed E-state index contributed by atoms with van der Waals surface area (Å²) in [5, 5.41) is 52.0. The van der Waals surface area contributed by atoms with Crippen LogP contribution in [-0.2, 0) is 22.7 Å². The number of likely N-dealkylation sites (N-methyl/N-ethyl adjacent to an activating group) is 1. The van der Waals surface area contributed by atoms with Gasteiger partial charge in [-0.3, -0.25) is 48.3 Å². The molecule has 18 rings (SSSR count). The summed E-state index contributed by atoms with van der Waals surface area (Å²) in [4.78, 5) is 99.4. The van der Waals surface area contributed by atoms with E-state index >= 15 is 0 Å². The number of thioether (sulfide) groups is 4. The van der Waals surface area contributed by atoms with Gasteiger partial charge in [0.2, 0.25) is 11.8 Å². The number of hydrogen-bond donors (Lipinski definition) is 7. The third-order valence-electron chi connectivity index (χ3n) is 20.8. The molecule has 37 nitrogen and oxygen atoms in total. The monoisotopic (exact) mass is 2020 g/mol. The Morgan fingerprint density at radius 3 is 1.19 bits per heavy atom. The molecule has 140 heavy (non-hydrogen) atoms. The number of ether oxygens (including phenoxy) is 4. The van der Waals surface area contributed by atoms with Gasteiger partial charge in [0.25, 0.3) is 35.1 Å². The number of aromatic amines is 2. The number of rotatable bonds is 31. The zero-order valence-corrected chi connectivity index (χ0v) is 76.3. The Hall–Kier alpha value is -15.3. The Balaban J connectivity index is 0.000000141. The molecule has 7 N–H and O–H groups in total. The minimum atomic E-state index is -3.21. The van der Waals surface area contributed by atoms with E-state index in [1.165, 1.54) is 140 Å². The number of carbonyl (C=O) groups excluding carboxylic acids is 6. The quantitative estimate of drug-likeness (QED) is 0.0157. The molecular weight excluding hydrogens is 1940 g/mol. The minimum absolute atomic E-state index is 0.0116. The first-order valence-corrected chi connectivity index (χ1v) is 45.7. The molecule has 1 atom stereocenters. The van der Waals surface area contributed by atoms with Crippen LogP contribution < -0.4 is 45.5 Å². The molecular formula is C87H77F12N27O10S4. The maximum atomic E-state index is 13.3. The fourth-order valence-corrected chi connectivity index (χ4v) is 17.5. The third-order valence-corrected chi connectivity index (χ3v) is 24.1. The lowest BCUT2D eigenvalue weighted by molar-refractivity contribution is -0.133. The van der Waals surface area contributed by atoms with Crippen LogP contribution >= 0.6 is 47.0 Å². The summed E-state index contributed by atoms with van der Waals surface area (Å²) >= 11 is 3.55. The van der Waals surface area contributed by atoms with E-state index in [9.17, 15) is 81.5 Å². The van der Waals surface area contributed by atoms with Gasteiger partial charge in [0.1, 0.15) is 69.7 Å². The van der Waals surface area contributed by atoms with Gasteiger partial charge in [0.15, 0.2) is 22.6 Å². The number of carbonyl (C=O) groups is 6. The van der Waals surface area contributed by atoms with Crippen LogP contribution in [0.15, 0.2) is 216 Å². The van der Waals surface area contributed by atoms with E-state index in [-0.39, 0.29) is 154 Å². The number of fused-ring (bicyclic) bond motifs is 4. The number of halogens is 12. The highest BCUT2D eigenvalue weighted by atomic mass is 32.2. The second kappa shape index (κ2) is 45.8. The average Bonchev–Trinajstić information content (AvgIpc) is 1.60. The highest BCUT2D eigenvalue weighted by molar-refractivity contribution is 8.00. The molecule has 728 valence electrons. The van der Waals surface area contributed by atoms with Crippen LogP contribution in [0.2, 0.25) is 0 Å². The van der Waals surface area contributed by atoms with E-state index in [4.69, 9.17) is 9.47 Å². The smallest absolute Gasteiger partial charge is 0.387 e. The van der Waals surface area contributed by atoms with Crippen molar-refractivity contribution < 1.29 is 100 Å². The predicted molar refractivity (Wildman–Crippen MR) is 490 cm³/mol. The van der Waals surface area contributed by atoms with Crippen molar-refractivity contribution in [3.8, 4) is 68.0 Å². The van der Waals surface area contributed by atoms with Crippen molar-refractivity contribution in [3.63, 3.8) is 0 Å². The van der Waals surface area contributed by atoms with Gasteiger partial charge in [-0.25, -0.2) is 38.0 Å². The Labute approximate surface area is 799 Å². The maximum absolute atomic E-state index is 13.3. The van der Waals surface area contributed by atoms with Gasteiger partial charge in [0.05, 0.1) is 71.3 Å². The lowest BCUT2D eigenvalue weighted by atomic mass is 10.1. The number of H-pyrrole nitrogens is 2. The largest absolute Gasteiger partial charge is 0.434 e. The highest BCUT2D eigenvalue weighted by Crippen LogP contribution is 2.45. The van der Waals surface area contributed by atoms with Crippen molar-refractivity contribution in [2.75, 3.05) is 67.8 Å². The van der Waals surface area contributed by atoms with Crippen LogP contribution in [0, 0.1) is 0 Å². The van der Waals surface area contributed by atoms with Crippen molar-refractivity contribution in [2.45, 2.75) is 108 Å². The number of amides is 6. The number of nitrogens with zero attached hydrogens (tertiary/aromatic N) is 20. The number of piperidine rings is 2. The normalized spacial score (nSPS) is 13.3. The molecule has 6 amide bonds. The predicted octanol–water partition coefficient (Wildman–Crippen LogP) is 16.1. The van der Waals surface area contributed by atoms with E-state index in [0.29, 0.717) is 52.2 Å². The van der Waals surface area contributed by atoms with Crippen LogP contribution in [0.4, 0.5) is 75.4 Å². The Morgan fingerprint density at radius 1 is 0.443 bits per heavy atom. The van der Waals surface area contributed by atoms with Gasteiger partial charge in [-0.15, -0.1) is 23.5 Å². The van der Waals surface area contributed by atoms with Crippen LogP contribution in [-0.4, -0.2) is 233 Å². The number of hydrogen-bond acceptors (Lipinski definition) is 27. The van der Waals surface area contributed by atoms with Gasteiger partial charge >= 0.3 is 26.4 Å². The fraction of sp³-hybridized carbons (Fsp3) is 0.241. The van der Waals surface area contributed by atoms with Crippen LogP contribution in [0.3, 0.4) is 0 Å². The number of aromatic nitrogens is 20. The summed E-state index contributed by atoms with van der Waals surface area (Å²) in [7, 11) is 3.50. The maximum Gasteiger partial charge on any atom is 0.387 e. The molecule has 1 unspecified atom stereocenters. The molecule has 12 aromatic heterocycles. The molecule has 2 saturated heterocycles. The third kappa shape index (κ3) is 24.8. The van der Waals surface area contributed by atoms with Gasteiger partial charge < -0.3 is 55.3 Å². The summed E-state index contributed by atoms with van der Waals surface area (Å²) in [6.07, 6.45) is 30.6. The number of nitrogens with one attached hydrogen (secondary N) is 7. The Morgan fingerprint density at radius 2 is 0.807 bits per heavy atom. The molecule has 0 spiro atoms. The molecule has 4 aromatic carbocycles. The lowest BCUT2D eigenvalue weighted by Crippen LogP contribution is -2.37. The van der Waals surface area contributed by atoms with Crippen molar-refractivity contribution in [2.24, 2.45) is 0 Å². The topological polar surface area (TPSA) is 420 Å². The summed E-state index contributed by atoms with van der Waals surface area (Å²) in [5.41, 5.74) is 3.91. The van der Waals surface area contributed by atoms with E-state index in [2.05, 4.69) is 119 Å². The minimum Gasteiger partial charge on any atom is -0.434 e. The van der Waals surface area contributed by atoms with Gasteiger partial charge in [-0.1, -0.05) is 23.5 Å². The van der Waals surface area contributed by atoms with Gasteiger partial charge in [-0.2, -0.15) is 93.5 Å². The number of benzene rings is 4. The van der Waals surface area contributed by atoms with E-state index < -0.39 is 67.5 Å². The number of anilines is 4. The molecule has 2 fully saturated rings. The Bertz CT molecular complexity index is 7100. The molecule has 53 heteroatoms. The summed E-state index contributed by atoms with van der Waals surface area (Å²) < 4.78 is 183. The number of likely N-dealkylation sites (tertiary alicyclic amines) is 2. The molecule has 16 aromatic rings. The zero-order chi connectivity index (χ0) is 98.8. The molecule has 0 radical (unpaired) electrons. The SMILES string of the molecule is CN1CCCC(Sc2ccc(OC(F)F)c(-c3[nH]ncc3NC(=O)c3cnn4cccnc34)c2)C1.CNC(=O)Cn1cc(NC(=O)c2cnn3cccnc23)c(-c2cc(SC(F)F)ccc2OC(F)F)n1.CSc1ccc(OC(F)F)c(-c2nn(CC(=O)N3CCCCC3)cc2NC(=O)c2cnn3cccnc23)c1.O=C(Nc1cn[nH]c1-c1cc(SC(F)F)ccc1OC(F)F)c1cnn2cccnc12. The summed E-state index contributed by atoms with van der Waals surface area (Å²) in [6.45, 7) is -9.35. The molecule has 0 aliphatic carbocycles. The van der Waals surface area contributed by atoms with E-state index in [1.54, 1.807) is 102 Å². The number of alkyl halides is 12. The Kier molecular flexibility index (Phi) is 32.5. The van der Waals surface area contributed by atoms with E-state index in [1.807, 2.05) is 6.26 Å². The summed E-state index contributed by atoms with van der Waals surface area (Å²) in [6, 6.07) is 23.6. The second-order valence-corrected chi connectivity index (χ2v) is 34.3. The first-order valence-electron chi connectivity index (χ1n) is 41.8. The molecule has 0 bridgehead atoms. The molecule has 0 saturated carbocycles. The van der Waals surface area contributed by atoms with Gasteiger partial charge in [-0.05, 0) is 149 Å². The lowest BCUT2D eigenvalue weighted by Gasteiger charge is -2.29. The molecule has 14 heterocycles. The van der Waals surface area contributed by atoms with Crippen molar-refractivity contribution in [3.05, 3.63) is 218 Å². The van der Waals surface area contributed by atoms with Crippen molar-refractivity contribution in [1.29, 1.82) is 0 Å². The van der Waals surface area contributed by atoms with Gasteiger partial charge in [0, 0.05) is 136 Å². The van der Waals surface area contributed by atoms with Crippen molar-refractivity contribution in [1.82, 2.24) is 113 Å². The first-order chi connectivity index (χ1) is 67.6. The van der Waals surface area contributed by atoms with Crippen LogP contribution in [0.25, 0.3) is 67.6 Å². The molecule has 2 aliphatic rings. The fourth-order valence-electron chi connectivity index (χ4n) is 14.6. The molecule has 2 aliphatic heterocycles. The van der Waals surface area contributed by atoms with Crippen LogP contribution in [0.1, 0.15) is 73.5 Å².